The third-order valence-corrected chi connectivity index (χ3v) is 4.50. The van der Waals surface area contributed by atoms with Gasteiger partial charge < -0.3 is 10.6 Å². The molecule has 0 aromatic carbocycles. The predicted octanol–water partition coefficient (Wildman–Crippen LogP) is 1.28. The first-order valence-corrected chi connectivity index (χ1v) is 7.91. The van der Waals surface area contributed by atoms with Gasteiger partial charge >= 0.3 is 12.1 Å². The average molecular weight is 407 g/mol. The highest BCUT2D eigenvalue weighted by molar-refractivity contribution is 9.10. The Morgan fingerprint density at radius 3 is 2.58 bits per heavy atom. The number of nitrogen functional groups attached to an aromatic ring is 1. The normalized spacial score (nSPS) is 16.8. The van der Waals surface area contributed by atoms with E-state index in [1.807, 2.05) is 11.0 Å². The Kier molecular flexibility index (Phi) is 4.38. The number of anilines is 1. The van der Waals surface area contributed by atoms with E-state index in [1.54, 1.807) is 4.52 Å². The van der Waals surface area contributed by atoms with E-state index in [4.69, 9.17) is 5.73 Å². The number of aromatic nitrogens is 3. The number of nitrogens with two attached hydrogens (primary N) is 1. The number of alkyl halides is 3. The molecule has 0 atom stereocenters. The van der Waals surface area contributed by atoms with Gasteiger partial charge in [-0.05, 0) is 22.0 Å². The van der Waals surface area contributed by atoms with Crippen LogP contribution < -0.4 is 5.73 Å². The standard InChI is InChI=1S/C13H14BrF3N6O/c14-9-5-8(23-10(9)11(18)19-7-20-23)6-21-1-3-22(4-2-21)12(24)13(15,16)17/h5,7H,1-4,6H2,(H2,18,19,20). The molecule has 0 bridgehead atoms. The summed E-state index contributed by atoms with van der Waals surface area (Å²) < 4.78 is 39.8. The van der Waals surface area contributed by atoms with Crippen LogP contribution in [0.3, 0.4) is 0 Å². The van der Waals surface area contributed by atoms with E-state index >= 15 is 0 Å². The molecular weight excluding hydrogens is 393 g/mol. The summed E-state index contributed by atoms with van der Waals surface area (Å²) in [7, 11) is 0. The molecule has 0 unspecified atom stereocenters. The smallest absolute Gasteiger partial charge is 0.382 e. The number of hydrogen-bond acceptors (Lipinski definition) is 5. The van der Waals surface area contributed by atoms with E-state index < -0.39 is 12.1 Å². The van der Waals surface area contributed by atoms with Gasteiger partial charge in [0, 0.05) is 37.2 Å². The Balaban J connectivity index is 1.69. The maximum Gasteiger partial charge on any atom is 0.471 e. The fourth-order valence-electron chi connectivity index (χ4n) is 2.71. The van der Waals surface area contributed by atoms with Gasteiger partial charge in [0.05, 0.1) is 5.69 Å². The Morgan fingerprint density at radius 1 is 1.29 bits per heavy atom. The molecule has 0 aliphatic carbocycles. The van der Waals surface area contributed by atoms with Crippen molar-refractivity contribution in [2.45, 2.75) is 12.7 Å². The summed E-state index contributed by atoms with van der Waals surface area (Å²) in [5.41, 5.74) is 7.32. The van der Waals surface area contributed by atoms with Crippen molar-refractivity contribution >= 4 is 33.2 Å². The van der Waals surface area contributed by atoms with E-state index in [9.17, 15) is 18.0 Å². The molecule has 2 aromatic heterocycles. The molecule has 130 valence electrons. The van der Waals surface area contributed by atoms with E-state index in [0.717, 1.165) is 15.1 Å². The molecule has 1 aliphatic heterocycles. The zero-order valence-electron chi connectivity index (χ0n) is 12.4. The first-order chi connectivity index (χ1) is 11.3. The Hall–Kier alpha value is -1.88. The van der Waals surface area contributed by atoms with Gasteiger partial charge in [0.15, 0.2) is 5.82 Å². The van der Waals surface area contributed by atoms with Crippen molar-refractivity contribution in [2.75, 3.05) is 31.9 Å². The number of halogens is 4. The average Bonchev–Trinajstić information content (AvgIpc) is 2.84. The maximum atomic E-state index is 12.5. The van der Waals surface area contributed by atoms with Gasteiger partial charge in [-0.1, -0.05) is 0 Å². The second-order valence-electron chi connectivity index (χ2n) is 5.46. The van der Waals surface area contributed by atoms with Gasteiger partial charge in [-0.15, -0.1) is 0 Å². The third-order valence-electron chi connectivity index (χ3n) is 3.90. The Labute approximate surface area is 143 Å². The summed E-state index contributed by atoms with van der Waals surface area (Å²) in [5.74, 6) is -1.44. The molecule has 3 rings (SSSR count). The number of amides is 1. The summed E-state index contributed by atoms with van der Waals surface area (Å²) in [5, 5.41) is 4.16. The molecule has 24 heavy (non-hydrogen) atoms. The molecule has 1 amide bonds. The lowest BCUT2D eigenvalue weighted by atomic mass is 10.3. The fourth-order valence-corrected chi connectivity index (χ4v) is 3.35. The highest BCUT2D eigenvalue weighted by Crippen LogP contribution is 2.26. The van der Waals surface area contributed by atoms with Gasteiger partial charge in [-0.3, -0.25) is 9.69 Å². The number of fused-ring (bicyclic) bond motifs is 1. The molecule has 1 aliphatic rings. The lowest BCUT2D eigenvalue weighted by Gasteiger charge is -2.34. The van der Waals surface area contributed by atoms with Crippen LogP contribution in [-0.2, 0) is 11.3 Å². The highest BCUT2D eigenvalue weighted by atomic mass is 79.9. The van der Waals surface area contributed by atoms with Crippen LogP contribution in [0.5, 0.6) is 0 Å². The lowest BCUT2D eigenvalue weighted by molar-refractivity contribution is -0.187. The number of nitrogens with zero attached hydrogens (tertiary/aromatic N) is 5. The highest BCUT2D eigenvalue weighted by Gasteiger charge is 2.43. The SMILES string of the molecule is Nc1ncnn2c(CN3CCN(C(=O)C(F)(F)F)CC3)cc(Br)c12. The number of piperazine rings is 1. The second kappa shape index (κ2) is 6.20. The second-order valence-corrected chi connectivity index (χ2v) is 6.31. The Morgan fingerprint density at radius 2 is 1.96 bits per heavy atom. The number of carbonyl (C=O) groups is 1. The van der Waals surface area contributed by atoms with Gasteiger partial charge in [-0.25, -0.2) is 9.50 Å². The minimum Gasteiger partial charge on any atom is -0.382 e. The van der Waals surface area contributed by atoms with E-state index in [2.05, 4.69) is 26.0 Å². The topological polar surface area (TPSA) is 79.8 Å². The van der Waals surface area contributed by atoms with Crippen molar-refractivity contribution in [3.63, 3.8) is 0 Å². The van der Waals surface area contributed by atoms with Gasteiger partial charge in [0.25, 0.3) is 0 Å². The van der Waals surface area contributed by atoms with E-state index in [0.29, 0.717) is 31.0 Å². The minimum atomic E-state index is -4.82. The van der Waals surface area contributed by atoms with Crippen LogP contribution in [0.15, 0.2) is 16.9 Å². The van der Waals surface area contributed by atoms with Crippen LogP contribution in [0.4, 0.5) is 19.0 Å². The maximum absolute atomic E-state index is 12.5. The molecule has 0 radical (unpaired) electrons. The van der Waals surface area contributed by atoms with Crippen molar-refractivity contribution in [2.24, 2.45) is 0 Å². The summed E-state index contributed by atoms with van der Waals surface area (Å²) in [6.07, 6.45) is -3.47. The molecule has 0 saturated carbocycles. The van der Waals surface area contributed by atoms with Crippen molar-refractivity contribution in [3.05, 3.63) is 22.6 Å². The molecule has 0 spiro atoms. The quantitative estimate of drug-likeness (QED) is 0.812. The fraction of sp³-hybridized carbons (Fsp3) is 0.462. The van der Waals surface area contributed by atoms with E-state index in [-0.39, 0.29) is 13.1 Å². The molecule has 7 nitrogen and oxygen atoms in total. The molecule has 2 aromatic rings. The van der Waals surface area contributed by atoms with Gasteiger partial charge in [-0.2, -0.15) is 18.3 Å². The van der Waals surface area contributed by atoms with Crippen LogP contribution in [0.25, 0.3) is 5.52 Å². The van der Waals surface area contributed by atoms with Crippen LogP contribution >= 0.6 is 15.9 Å². The molecule has 11 heteroatoms. The Bertz CT molecular complexity index is 769. The predicted molar refractivity (Wildman–Crippen MR) is 83.0 cm³/mol. The molecule has 3 heterocycles. The first kappa shape index (κ1) is 17.0. The van der Waals surface area contributed by atoms with Crippen LogP contribution in [-0.4, -0.2) is 62.7 Å². The summed E-state index contributed by atoms with van der Waals surface area (Å²) in [6, 6.07) is 1.85. The lowest BCUT2D eigenvalue weighted by Crippen LogP contribution is -2.52. The monoisotopic (exact) mass is 406 g/mol. The minimum absolute atomic E-state index is 0.0416. The van der Waals surface area contributed by atoms with Gasteiger partial charge in [0.1, 0.15) is 11.8 Å². The number of carbonyl (C=O) groups excluding carboxylic acids is 1. The molecular formula is C13H14BrF3N6O. The largest absolute Gasteiger partial charge is 0.471 e. The number of hydrogen-bond donors (Lipinski definition) is 1. The van der Waals surface area contributed by atoms with Crippen LogP contribution in [0.2, 0.25) is 0 Å². The van der Waals surface area contributed by atoms with Crippen LogP contribution in [0.1, 0.15) is 5.69 Å². The molecule has 1 fully saturated rings. The summed E-state index contributed by atoms with van der Waals surface area (Å²) >= 11 is 3.41. The van der Waals surface area contributed by atoms with E-state index in [1.165, 1.54) is 6.33 Å². The van der Waals surface area contributed by atoms with Crippen molar-refractivity contribution < 1.29 is 18.0 Å². The summed E-state index contributed by atoms with van der Waals surface area (Å²) in [4.78, 5) is 18.0. The zero-order valence-corrected chi connectivity index (χ0v) is 14.0. The summed E-state index contributed by atoms with van der Waals surface area (Å²) in [6.45, 7) is 1.28. The van der Waals surface area contributed by atoms with Gasteiger partial charge in [0.2, 0.25) is 0 Å². The third kappa shape index (κ3) is 3.18. The molecule has 1 saturated heterocycles. The van der Waals surface area contributed by atoms with Crippen molar-refractivity contribution in [1.82, 2.24) is 24.4 Å². The van der Waals surface area contributed by atoms with Crippen LogP contribution in [0, 0.1) is 0 Å². The van der Waals surface area contributed by atoms with Crippen molar-refractivity contribution in [3.8, 4) is 0 Å². The van der Waals surface area contributed by atoms with Crippen molar-refractivity contribution in [1.29, 1.82) is 0 Å². The molecule has 2 N–H and O–H groups in total. The zero-order chi connectivity index (χ0) is 17.5. The number of rotatable bonds is 2. The first-order valence-electron chi connectivity index (χ1n) is 7.12.